The summed E-state index contributed by atoms with van der Waals surface area (Å²) in [5, 5.41) is 22.3. The summed E-state index contributed by atoms with van der Waals surface area (Å²) in [6.07, 6.45) is 1.50. The molecule has 2 aliphatic heterocycles. The van der Waals surface area contributed by atoms with E-state index in [1.807, 2.05) is 0 Å². The number of hydrogen-bond donors (Lipinski definition) is 3. The Hall–Kier alpha value is -2.97. The maximum Gasteiger partial charge on any atom is 0.484 e. The number of allylic oxidation sites excluding steroid dienone is 1. The van der Waals surface area contributed by atoms with Gasteiger partial charge in [-0.25, -0.2) is 15.0 Å². The van der Waals surface area contributed by atoms with Gasteiger partial charge in [0.1, 0.15) is 23.8 Å². The highest BCUT2D eigenvalue weighted by Crippen LogP contribution is 2.36. The number of anilines is 2. The Balaban J connectivity index is 1.34. The molecular formula is C21H24BF3N6O4. The number of alkyl halides is 3. The summed E-state index contributed by atoms with van der Waals surface area (Å²) in [5.74, 6) is 0.221. The molecule has 10 nitrogen and oxygen atoms in total. The molecular weight excluding hydrogens is 468 g/mol. The van der Waals surface area contributed by atoms with Crippen LogP contribution in [0.3, 0.4) is 0 Å². The van der Waals surface area contributed by atoms with E-state index in [4.69, 9.17) is 9.47 Å². The topological polar surface area (TPSA) is 126 Å². The van der Waals surface area contributed by atoms with Crippen LogP contribution in [0.1, 0.15) is 36.1 Å². The molecule has 1 aliphatic carbocycles. The summed E-state index contributed by atoms with van der Waals surface area (Å²) in [5.41, 5.74) is 1.07. The van der Waals surface area contributed by atoms with E-state index in [1.165, 1.54) is 6.33 Å². The molecule has 2 aromatic heterocycles. The first-order valence-corrected chi connectivity index (χ1v) is 11.4. The average Bonchev–Trinajstić information content (AvgIpc) is 2.80. The van der Waals surface area contributed by atoms with Crippen molar-refractivity contribution in [3.05, 3.63) is 34.8 Å². The van der Waals surface area contributed by atoms with Crippen molar-refractivity contribution in [2.45, 2.75) is 44.0 Å². The molecule has 0 radical (unpaired) electrons. The fourth-order valence-electron chi connectivity index (χ4n) is 4.37. The van der Waals surface area contributed by atoms with E-state index in [0.717, 1.165) is 36.8 Å². The standard InChI is InChI=1S/C21H24BF3N6O4/c23-21(24,25)16-7-26-20(30-19(16)35-14-9-34-10-14)29-13-2-1-5-31(8-13)18-15-6-12(22(32)33)3-4-17(15)27-11-28-18/h6-7,11,13-14,32-33H,1-5,8-10H2,(H,26,29,30)/t13-/m1/s1. The molecule has 3 N–H and O–H groups in total. The number of nitrogens with one attached hydrogen (secondary N) is 1. The van der Waals surface area contributed by atoms with Gasteiger partial charge < -0.3 is 29.7 Å². The number of fused-ring (bicyclic) bond motifs is 1. The number of nitrogens with zero attached hydrogens (tertiary/aromatic N) is 5. The van der Waals surface area contributed by atoms with Crippen LogP contribution in [0.15, 0.2) is 18.0 Å². The number of halogens is 3. The number of hydrogen-bond acceptors (Lipinski definition) is 10. The van der Waals surface area contributed by atoms with Crippen molar-refractivity contribution in [1.29, 1.82) is 0 Å². The highest BCUT2D eigenvalue weighted by molar-refractivity contribution is 6.52. The van der Waals surface area contributed by atoms with Crippen LogP contribution in [0.4, 0.5) is 24.9 Å². The first-order chi connectivity index (χ1) is 16.8. The Kier molecular flexibility index (Phi) is 6.51. The smallest absolute Gasteiger partial charge is 0.469 e. The van der Waals surface area contributed by atoms with Crippen LogP contribution in [-0.2, 0) is 17.3 Å². The van der Waals surface area contributed by atoms with E-state index in [9.17, 15) is 23.2 Å². The number of ether oxygens (including phenoxy) is 2. The van der Waals surface area contributed by atoms with Crippen LogP contribution in [-0.4, -0.2) is 75.6 Å². The molecule has 0 amide bonds. The average molecular weight is 492 g/mol. The van der Waals surface area contributed by atoms with Gasteiger partial charge in [-0.3, -0.25) is 0 Å². The van der Waals surface area contributed by atoms with Gasteiger partial charge in [-0.1, -0.05) is 6.08 Å². The van der Waals surface area contributed by atoms with Crippen LogP contribution in [0.5, 0.6) is 5.88 Å². The lowest BCUT2D eigenvalue weighted by molar-refractivity contribution is -0.142. The van der Waals surface area contributed by atoms with Gasteiger partial charge in [0.2, 0.25) is 11.8 Å². The molecule has 0 aromatic carbocycles. The Bertz CT molecular complexity index is 1110. The highest BCUT2D eigenvalue weighted by atomic mass is 19.4. The molecule has 4 heterocycles. The lowest BCUT2D eigenvalue weighted by Crippen LogP contribution is -2.43. The molecule has 2 saturated heterocycles. The molecule has 5 rings (SSSR count). The van der Waals surface area contributed by atoms with Crippen molar-refractivity contribution < 1.29 is 32.7 Å². The third-order valence-corrected chi connectivity index (χ3v) is 6.26. The minimum absolute atomic E-state index is 0.0513. The molecule has 2 aromatic rings. The van der Waals surface area contributed by atoms with E-state index in [1.54, 1.807) is 6.08 Å². The summed E-state index contributed by atoms with van der Waals surface area (Å²) in [6, 6.07) is -0.151. The van der Waals surface area contributed by atoms with Crippen molar-refractivity contribution in [1.82, 2.24) is 19.9 Å². The molecule has 14 heteroatoms. The first kappa shape index (κ1) is 23.8. The number of piperidine rings is 1. The molecule has 3 aliphatic rings. The summed E-state index contributed by atoms with van der Waals surface area (Å²) in [6.45, 7) is 1.66. The first-order valence-electron chi connectivity index (χ1n) is 11.4. The van der Waals surface area contributed by atoms with Gasteiger partial charge in [-0.15, -0.1) is 0 Å². The van der Waals surface area contributed by atoms with Crippen LogP contribution in [0.2, 0.25) is 0 Å². The van der Waals surface area contributed by atoms with E-state index in [-0.39, 0.29) is 25.2 Å². The van der Waals surface area contributed by atoms with Crippen LogP contribution in [0.25, 0.3) is 6.08 Å². The lowest BCUT2D eigenvalue weighted by Gasteiger charge is -2.35. The second kappa shape index (κ2) is 9.59. The van der Waals surface area contributed by atoms with Gasteiger partial charge in [0.15, 0.2) is 0 Å². The normalized spacial score (nSPS) is 20.5. The van der Waals surface area contributed by atoms with Crippen molar-refractivity contribution >= 4 is 25.0 Å². The van der Waals surface area contributed by atoms with Crippen molar-refractivity contribution in [3.8, 4) is 5.88 Å². The van der Waals surface area contributed by atoms with E-state index >= 15 is 0 Å². The van der Waals surface area contributed by atoms with E-state index in [0.29, 0.717) is 30.7 Å². The van der Waals surface area contributed by atoms with Gasteiger partial charge in [0, 0.05) is 30.9 Å². The summed E-state index contributed by atoms with van der Waals surface area (Å²) in [7, 11) is -1.54. The molecule has 2 fully saturated rings. The van der Waals surface area contributed by atoms with Gasteiger partial charge in [0.05, 0.1) is 18.9 Å². The van der Waals surface area contributed by atoms with Crippen molar-refractivity contribution in [2.75, 3.05) is 36.5 Å². The lowest BCUT2D eigenvalue weighted by atomic mass is 9.73. The Labute approximate surface area is 199 Å². The maximum absolute atomic E-state index is 13.4. The van der Waals surface area contributed by atoms with E-state index < -0.39 is 30.8 Å². The Morgan fingerprint density at radius 1 is 1.17 bits per heavy atom. The van der Waals surface area contributed by atoms with Crippen LogP contribution < -0.4 is 15.0 Å². The Morgan fingerprint density at radius 2 is 2.00 bits per heavy atom. The molecule has 1 atom stereocenters. The zero-order valence-corrected chi connectivity index (χ0v) is 18.7. The summed E-state index contributed by atoms with van der Waals surface area (Å²) >= 11 is 0. The van der Waals surface area contributed by atoms with Crippen LogP contribution in [0, 0.1) is 0 Å². The molecule has 0 unspecified atom stereocenters. The Morgan fingerprint density at radius 3 is 2.71 bits per heavy atom. The highest BCUT2D eigenvalue weighted by Gasteiger charge is 2.38. The fraction of sp³-hybridized carbons (Fsp3) is 0.524. The molecule has 0 spiro atoms. The predicted molar refractivity (Wildman–Crippen MR) is 120 cm³/mol. The molecule has 0 bridgehead atoms. The zero-order valence-electron chi connectivity index (χ0n) is 18.7. The number of aromatic nitrogens is 4. The van der Waals surface area contributed by atoms with E-state index in [2.05, 4.69) is 30.2 Å². The summed E-state index contributed by atoms with van der Waals surface area (Å²) in [4.78, 5) is 18.7. The third kappa shape index (κ3) is 5.18. The van der Waals surface area contributed by atoms with Gasteiger partial charge >= 0.3 is 13.3 Å². The molecule has 186 valence electrons. The van der Waals surface area contributed by atoms with Crippen molar-refractivity contribution in [3.63, 3.8) is 0 Å². The minimum Gasteiger partial charge on any atom is -0.469 e. The van der Waals surface area contributed by atoms with Gasteiger partial charge in [-0.2, -0.15) is 18.2 Å². The molecule has 0 saturated carbocycles. The fourth-order valence-corrected chi connectivity index (χ4v) is 4.37. The second-order valence-electron chi connectivity index (χ2n) is 8.77. The number of aryl methyl sites for hydroxylation is 1. The summed E-state index contributed by atoms with van der Waals surface area (Å²) < 4.78 is 50.6. The largest absolute Gasteiger partial charge is 0.484 e. The van der Waals surface area contributed by atoms with Crippen LogP contribution >= 0.6 is 0 Å². The maximum atomic E-state index is 13.4. The predicted octanol–water partition coefficient (Wildman–Crippen LogP) is 1.49. The SMILES string of the molecule is OB(O)C1=Cc2c(ncnc2N2CCC[C@@H](Nc3ncc(C(F)(F)F)c(OC4COC4)n3)C2)CC1. The van der Waals surface area contributed by atoms with Gasteiger partial charge in [0.25, 0.3) is 0 Å². The third-order valence-electron chi connectivity index (χ3n) is 6.26. The monoisotopic (exact) mass is 492 g/mol. The quantitative estimate of drug-likeness (QED) is 0.511. The second-order valence-corrected chi connectivity index (χ2v) is 8.77. The minimum atomic E-state index is -4.64. The molecule has 35 heavy (non-hydrogen) atoms. The zero-order chi connectivity index (χ0) is 24.6. The van der Waals surface area contributed by atoms with Crippen molar-refractivity contribution in [2.24, 2.45) is 0 Å². The number of rotatable bonds is 6. The van der Waals surface area contributed by atoms with Gasteiger partial charge in [-0.05, 0) is 31.2 Å².